The molecular weight excluding hydrogens is 316 g/mol. The number of anilines is 1. The topological polar surface area (TPSA) is 66.5 Å². The predicted molar refractivity (Wildman–Crippen MR) is 93.6 cm³/mol. The Labute approximate surface area is 147 Å². The minimum Gasteiger partial charge on any atom is -0.324 e. The lowest BCUT2D eigenvalue weighted by Crippen LogP contribution is -2.38. The van der Waals surface area contributed by atoms with Gasteiger partial charge in [-0.2, -0.15) is 0 Å². The van der Waals surface area contributed by atoms with Gasteiger partial charge in [-0.1, -0.05) is 30.4 Å². The number of carbonyl (C=O) groups is 3. The summed E-state index contributed by atoms with van der Waals surface area (Å²) in [5.74, 6) is -0.890. The predicted octanol–water partition coefficient (Wildman–Crippen LogP) is 2.44. The van der Waals surface area contributed by atoms with Crippen LogP contribution in [0.3, 0.4) is 0 Å². The SMILES string of the molecule is Cc1cccc(C)c1NC(=O)CN1C(=O)[C@@H]2[C@H](C1=O)[C@H]1C=C[C@H]2CC1. The van der Waals surface area contributed by atoms with E-state index in [9.17, 15) is 14.4 Å². The number of rotatable bonds is 3. The van der Waals surface area contributed by atoms with Gasteiger partial charge in [0.2, 0.25) is 17.7 Å². The highest BCUT2D eigenvalue weighted by Gasteiger charge is 2.56. The van der Waals surface area contributed by atoms with Gasteiger partial charge in [0.25, 0.3) is 0 Å². The summed E-state index contributed by atoms with van der Waals surface area (Å²) in [6.45, 7) is 3.65. The van der Waals surface area contributed by atoms with Crippen LogP contribution in [0.25, 0.3) is 0 Å². The molecule has 2 fully saturated rings. The van der Waals surface area contributed by atoms with Gasteiger partial charge >= 0.3 is 0 Å². The van der Waals surface area contributed by atoms with E-state index in [-0.39, 0.29) is 47.9 Å². The summed E-state index contributed by atoms with van der Waals surface area (Å²) in [7, 11) is 0. The standard InChI is InChI=1S/C20H22N2O3/c1-11-4-3-5-12(2)18(11)21-15(23)10-22-19(24)16-13-6-7-14(9-8-13)17(16)20(22)25/h3-7,13-14,16-17H,8-10H2,1-2H3,(H,21,23)/t13-,14-,16-,17+/m0/s1. The van der Waals surface area contributed by atoms with E-state index in [1.165, 1.54) is 4.90 Å². The molecule has 1 aliphatic heterocycles. The van der Waals surface area contributed by atoms with E-state index < -0.39 is 0 Å². The highest BCUT2D eigenvalue weighted by atomic mass is 16.2. The first-order chi connectivity index (χ1) is 12.0. The fourth-order valence-electron chi connectivity index (χ4n) is 4.63. The highest BCUT2D eigenvalue weighted by Crippen LogP contribution is 2.49. The summed E-state index contributed by atoms with van der Waals surface area (Å²) < 4.78 is 0. The van der Waals surface area contributed by atoms with Crippen LogP contribution in [0.2, 0.25) is 0 Å². The number of imide groups is 1. The van der Waals surface area contributed by atoms with E-state index >= 15 is 0 Å². The van der Waals surface area contributed by atoms with E-state index in [2.05, 4.69) is 17.5 Å². The first-order valence-electron chi connectivity index (χ1n) is 8.87. The maximum atomic E-state index is 12.8. The largest absolute Gasteiger partial charge is 0.324 e. The number of hydrogen-bond acceptors (Lipinski definition) is 3. The number of amides is 3. The number of fused-ring (bicyclic) bond motifs is 1. The lowest BCUT2D eigenvalue weighted by Gasteiger charge is -2.38. The van der Waals surface area contributed by atoms with Crippen molar-refractivity contribution in [2.24, 2.45) is 23.7 Å². The Hall–Kier alpha value is -2.43. The Bertz CT molecular complexity index is 746. The minimum atomic E-state index is -0.321. The summed E-state index contributed by atoms with van der Waals surface area (Å²) in [6, 6.07) is 5.78. The fourth-order valence-corrected chi connectivity index (χ4v) is 4.63. The number of nitrogens with one attached hydrogen (secondary N) is 1. The van der Waals surface area contributed by atoms with E-state index in [0.29, 0.717) is 0 Å². The van der Waals surface area contributed by atoms with Gasteiger partial charge in [0.05, 0.1) is 11.8 Å². The van der Waals surface area contributed by atoms with Crippen LogP contribution < -0.4 is 5.32 Å². The minimum absolute atomic E-state index is 0.151. The van der Waals surface area contributed by atoms with E-state index in [1.807, 2.05) is 32.0 Å². The van der Waals surface area contributed by atoms with Gasteiger partial charge in [-0.15, -0.1) is 0 Å². The third-order valence-corrected chi connectivity index (χ3v) is 5.90. The molecule has 2 bridgehead atoms. The Balaban J connectivity index is 1.51. The van der Waals surface area contributed by atoms with Crippen LogP contribution >= 0.6 is 0 Å². The Morgan fingerprint density at radius 2 is 1.56 bits per heavy atom. The van der Waals surface area contributed by atoms with Crippen molar-refractivity contribution in [1.82, 2.24) is 4.90 Å². The van der Waals surface area contributed by atoms with Crippen molar-refractivity contribution in [3.63, 3.8) is 0 Å². The van der Waals surface area contributed by atoms with Crippen LogP contribution in [-0.4, -0.2) is 29.2 Å². The van der Waals surface area contributed by atoms with Gasteiger partial charge in [-0.25, -0.2) is 0 Å². The maximum Gasteiger partial charge on any atom is 0.244 e. The molecule has 1 saturated heterocycles. The van der Waals surface area contributed by atoms with Crippen molar-refractivity contribution in [1.29, 1.82) is 0 Å². The Morgan fingerprint density at radius 1 is 1.04 bits per heavy atom. The third kappa shape index (κ3) is 2.49. The average Bonchev–Trinajstić information content (AvgIpc) is 2.86. The second kappa shape index (κ2) is 5.83. The third-order valence-electron chi connectivity index (χ3n) is 5.90. The summed E-state index contributed by atoms with van der Waals surface area (Å²) in [4.78, 5) is 39.2. The van der Waals surface area contributed by atoms with E-state index in [4.69, 9.17) is 0 Å². The Morgan fingerprint density at radius 3 is 2.04 bits per heavy atom. The monoisotopic (exact) mass is 338 g/mol. The molecule has 4 atom stereocenters. The summed E-state index contributed by atoms with van der Waals surface area (Å²) in [5.41, 5.74) is 2.68. The van der Waals surface area contributed by atoms with Crippen LogP contribution in [0.1, 0.15) is 24.0 Å². The molecule has 4 aliphatic rings. The van der Waals surface area contributed by atoms with Gasteiger partial charge in [0.15, 0.2) is 0 Å². The number of benzene rings is 1. The fraction of sp³-hybridized carbons (Fsp3) is 0.450. The van der Waals surface area contributed by atoms with E-state index in [1.54, 1.807) is 0 Å². The zero-order chi connectivity index (χ0) is 17.7. The number of likely N-dealkylation sites (tertiary alicyclic amines) is 1. The second-order valence-corrected chi connectivity index (χ2v) is 7.42. The molecule has 5 rings (SSSR count). The molecule has 25 heavy (non-hydrogen) atoms. The Kier molecular flexibility index (Phi) is 3.74. The lowest BCUT2D eigenvalue weighted by atomic mass is 9.63. The van der Waals surface area contributed by atoms with Crippen molar-refractivity contribution in [2.75, 3.05) is 11.9 Å². The van der Waals surface area contributed by atoms with Crippen molar-refractivity contribution in [2.45, 2.75) is 26.7 Å². The molecule has 1 aromatic carbocycles. The zero-order valence-corrected chi connectivity index (χ0v) is 14.5. The summed E-state index contributed by atoms with van der Waals surface area (Å²) in [6.07, 6.45) is 6.09. The lowest BCUT2D eigenvalue weighted by molar-refractivity contribution is -0.142. The molecule has 0 unspecified atom stereocenters. The number of nitrogens with zero attached hydrogens (tertiary/aromatic N) is 1. The molecule has 0 spiro atoms. The van der Waals surface area contributed by atoms with E-state index in [0.717, 1.165) is 29.7 Å². The molecule has 1 heterocycles. The van der Waals surface area contributed by atoms with Gasteiger partial charge in [-0.3, -0.25) is 19.3 Å². The second-order valence-electron chi connectivity index (χ2n) is 7.42. The molecule has 3 amide bonds. The molecule has 1 saturated carbocycles. The first-order valence-corrected chi connectivity index (χ1v) is 8.87. The number of carbonyl (C=O) groups excluding carboxylic acids is 3. The van der Waals surface area contributed by atoms with Crippen LogP contribution in [0.4, 0.5) is 5.69 Å². The summed E-state index contributed by atoms with van der Waals surface area (Å²) >= 11 is 0. The van der Waals surface area contributed by atoms with Crippen molar-refractivity contribution < 1.29 is 14.4 Å². The number of para-hydroxylation sites is 1. The van der Waals surface area contributed by atoms with Gasteiger partial charge in [0, 0.05) is 5.69 Å². The van der Waals surface area contributed by atoms with Crippen LogP contribution in [-0.2, 0) is 14.4 Å². The number of hydrogen-bond donors (Lipinski definition) is 1. The molecule has 5 nitrogen and oxygen atoms in total. The van der Waals surface area contributed by atoms with Crippen LogP contribution in [0, 0.1) is 37.5 Å². The number of aryl methyl sites for hydroxylation is 2. The molecule has 1 aromatic rings. The molecule has 130 valence electrons. The molecule has 0 aromatic heterocycles. The molecular formula is C20H22N2O3. The highest BCUT2D eigenvalue weighted by molar-refractivity contribution is 6.09. The van der Waals surface area contributed by atoms with Crippen LogP contribution in [0.5, 0.6) is 0 Å². The number of allylic oxidation sites excluding steroid dienone is 2. The smallest absolute Gasteiger partial charge is 0.244 e. The van der Waals surface area contributed by atoms with Gasteiger partial charge < -0.3 is 5.32 Å². The maximum absolute atomic E-state index is 12.8. The van der Waals surface area contributed by atoms with Crippen molar-refractivity contribution >= 4 is 23.4 Å². The normalized spacial score (nSPS) is 29.9. The molecule has 0 radical (unpaired) electrons. The van der Waals surface area contributed by atoms with Crippen molar-refractivity contribution in [3.8, 4) is 0 Å². The van der Waals surface area contributed by atoms with Gasteiger partial charge in [0.1, 0.15) is 6.54 Å². The average molecular weight is 338 g/mol. The zero-order valence-electron chi connectivity index (χ0n) is 14.5. The van der Waals surface area contributed by atoms with Crippen LogP contribution in [0.15, 0.2) is 30.4 Å². The molecule has 3 aliphatic carbocycles. The molecule has 5 heteroatoms. The first kappa shape index (κ1) is 16.1. The molecule has 1 N–H and O–H groups in total. The quantitative estimate of drug-likeness (QED) is 0.680. The van der Waals surface area contributed by atoms with Crippen molar-refractivity contribution in [3.05, 3.63) is 41.5 Å². The van der Waals surface area contributed by atoms with Gasteiger partial charge in [-0.05, 0) is 49.7 Å². The summed E-state index contributed by atoms with van der Waals surface area (Å²) in [5, 5.41) is 2.87.